The molecule has 4 aliphatic rings. The first-order valence-corrected chi connectivity index (χ1v) is 27.3. The average molecular weight is 797 g/mol. The number of benzene rings is 10. The Morgan fingerprint density at radius 1 is 0.250 bits per heavy atom. The second-order valence-corrected chi connectivity index (χ2v) is 27.0. The maximum atomic E-state index is 2.63. The van der Waals surface area contributed by atoms with E-state index in [1.54, 1.807) is 20.7 Å². The average Bonchev–Trinajstić information content (AvgIpc) is 4.12. The second-order valence-electron chi connectivity index (χ2n) is 18.6. The smallest absolute Gasteiger partial charge is 0.0623 e. The summed E-state index contributed by atoms with van der Waals surface area (Å²) < 4.78 is 0. The molecule has 4 heterocycles. The molecule has 14 rings (SSSR count). The van der Waals surface area contributed by atoms with Crippen LogP contribution in [0.1, 0.15) is 25.7 Å². The van der Waals surface area contributed by atoms with Crippen LogP contribution < -0.4 is 20.7 Å². The van der Waals surface area contributed by atoms with Gasteiger partial charge in [0, 0.05) is 0 Å². The fourth-order valence-electron chi connectivity index (χ4n) is 13.3. The maximum absolute atomic E-state index is 2.63. The first kappa shape index (κ1) is 33.7. The maximum Gasteiger partial charge on any atom is 0.119 e. The Morgan fingerprint density at radius 2 is 0.583 bits per heavy atom. The minimum absolute atomic E-state index is 1.32. The molecule has 0 amide bonds. The van der Waals surface area contributed by atoms with Gasteiger partial charge in [0.2, 0.25) is 0 Å². The van der Waals surface area contributed by atoms with Crippen LogP contribution in [0.5, 0.6) is 0 Å². The summed E-state index contributed by atoms with van der Waals surface area (Å²) >= 11 is 0. The lowest BCUT2D eigenvalue weighted by atomic mass is 9.85. The van der Waals surface area contributed by atoms with Crippen LogP contribution in [-0.2, 0) is 0 Å². The summed E-state index contributed by atoms with van der Waals surface area (Å²) in [6.07, 6.45) is 5.47. The fraction of sp³-hybridized carbons (Fsp3) is 0.138. The van der Waals surface area contributed by atoms with Crippen molar-refractivity contribution in [3.05, 3.63) is 170 Å². The summed E-state index contributed by atoms with van der Waals surface area (Å²) in [4.78, 5) is 0. The number of hydrogen-bond donors (Lipinski definition) is 0. The van der Waals surface area contributed by atoms with Gasteiger partial charge in [-0.05, 0) is 155 Å². The minimum atomic E-state index is -1.74. The summed E-state index contributed by atoms with van der Waals surface area (Å²) in [5, 5.41) is 20.2. The van der Waals surface area contributed by atoms with E-state index in [1.165, 1.54) is 148 Å². The Bertz CT molecular complexity index is 3270. The molecule has 0 bridgehead atoms. The summed E-state index contributed by atoms with van der Waals surface area (Å²) in [5.74, 6) is 0. The highest BCUT2D eigenvalue weighted by Crippen LogP contribution is 2.47. The SMILES string of the molecule is c1ccc2c(c1)-c1ccc(-c3ccc4c5ccccc5c5c6cc(-c7ccc8c(c7)[Si]7(CCCC7)c7ccccc7-8)ccc6c6ccccc6c5c4c3)cc1[Si]21CCCC1. The lowest BCUT2D eigenvalue weighted by Crippen LogP contribution is -2.52. The monoisotopic (exact) mass is 796 g/mol. The zero-order valence-corrected chi connectivity index (χ0v) is 35.8. The highest BCUT2D eigenvalue weighted by Gasteiger charge is 2.48. The van der Waals surface area contributed by atoms with Crippen molar-refractivity contribution < 1.29 is 0 Å². The highest BCUT2D eigenvalue weighted by atomic mass is 28.3. The molecule has 0 nitrogen and oxygen atoms in total. The summed E-state index contributed by atoms with van der Waals surface area (Å²) in [5.41, 5.74) is 11.4. The van der Waals surface area contributed by atoms with Crippen molar-refractivity contribution in [1.29, 1.82) is 0 Å². The molecule has 0 saturated carbocycles. The van der Waals surface area contributed by atoms with Crippen LogP contribution in [0.3, 0.4) is 0 Å². The molecule has 60 heavy (non-hydrogen) atoms. The van der Waals surface area contributed by atoms with Crippen molar-refractivity contribution in [2.24, 2.45) is 0 Å². The van der Waals surface area contributed by atoms with Gasteiger partial charge in [0.05, 0.1) is 0 Å². The van der Waals surface area contributed by atoms with E-state index in [4.69, 9.17) is 0 Å². The van der Waals surface area contributed by atoms with E-state index in [-0.39, 0.29) is 0 Å². The van der Waals surface area contributed by atoms with Crippen LogP contribution >= 0.6 is 0 Å². The Labute approximate surface area is 353 Å². The molecule has 0 aliphatic carbocycles. The van der Waals surface area contributed by atoms with Gasteiger partial charge in [0.1, 0.15) is 16.1 Å². The Morgan fingerprint density at radius 3 is 1.03 bits per heavy atom. The zero-order chi connectivity index (χ0) is 39.2. The first-order valence-electron chi connectivity index (χ1n) is 22.4. The predicted octanol–water partition coefficient (Wildman–Crippen LogP) is 13.5. The van der Waals surface area contributed by atoms with Gasteiger partial charge in [0.25, 0.3) is 0 Å². The minimum Gasteiger partial charge on any atom is -0.0623 e. The second kappa shape index (κ2) is 12.3. The van der Waals surface area contributed by atoms with E-state index in [2.05, 4.69) is 170 Å². The molecule has 10 aromatic rings. The van der Waals surface area contributed by atoms with Crippen LogP contribution in [0.15, 0.2) is 170 Å². The number of fused-ring (bicyclic) bond motifs is 21. The molecule has 2 heteroatoms. The Hall–Kier alpha value is -6.07. The van der Waals surface area contributed by atoms with Gasteiger partial charge in [-0.25, -0.2) is 0 Å². The molecule has 0 aromatic heterocycles. The first-order chi connectivity index (χ1) is 29.7. The molecule has 4 aliphatic heterocycles. The van der Waals surface area contributed by atoms with Crippen molar-refractivity contribution in [2.45, 2.75) is 49.9 Å². The van der Waals surface area contributed by atoms with Gasteiger partial charge < -0.3 is 0 Å². The van der Waals surface area contributed by atoms with Crippen LogP contribution in [0, 0.1) is 0 Å². The van der Waals surface area contributed by atoms with E-state index >= 15 is 0 Å². The van der Waals surface area contributed by atoms with Crippen LogP contribution in [0.4, 0.5) is 0 Å². The molecule has 2 spiro atoms. The lowest BCUT2D eigenvalue weighted by Gasteiger charge is -2.24. The van der Waals surface area contributed by atoms with E-state index in [1.807, 2.05) is 0 Å². The molecule has 0 N–H and O–H groups in total. The van der Waals surface area contributed by atoms with Crippen LogP contribution in [-0.4, -0.2) is 16.1 Å². The topological polar surface area (TPSA) is 0 Å². The van der Waals surface area contributed by atoms with Gasteiger partial charge in [0.15, 0.2) is 0 Å². The van der Waals surface area contributed by atoms with Crippen molar-refractivity contribution >= 4 is 90.8 Å². The van der Waals surface area contributed by atoms with E-state index < -0.39 is 16.1 Å². The lowest BCUT2D eigenvalue weighted by molar-refractivity contribution is 0.935. The third-order valence-electron chi connectivity index (χ3n) is 15.9. The summed E-state index contributed by atoms with van der Waals surface area (Å²) in [6, 6.07) is 72.5. The van der Waals surface area contributed by atoms with E-state index in [9.17, 15) is 0 Å². The third-order valence-corrected chi connectivity index (χ3v) is 26.6. The standard InChI is InChI=1S/C58H44Si2/c1-3-17-49-41(13-1)43-25-21-37(39-23-27-47-45-15-5-7-19-53(45)59(55(47)35-39)29-9-10-30-59)33-51(43)58-50-18-4-2-14-42(50)44-26-22-38(34-52(44)57(49)58)40-24-28-48-46-16-6-8-20-54(46)60(56(48)36-40)31-11-12-32-60/h1-8,13-28,33-36H,9-12,29-32H2. The Balaban J connectivity index is 1.02. The van der Waals surface area contributed by atoms with Gasteiger partial charge in [-0.2, -0.15) is 0 Å². The molecular formula is C58H44Si2. The van der Waals surface area contributed by atoms with Crippen molar-refractivity contribution in [3.63, 3.8) is 0 Å². The summed E-state index contributed by atoms with van der Waals surface area (Å²) in [7, 11) is -3.48. The quantitative estimate of drug-likeness (QED) is 0.121. The van der Waals surface area contributed by atoms with Gasteiger partial charge in [-0.3, -0.25) is 0 Å². The van der Waals surface area contributed by atoms with E-state index in [0.717, 1.165) is 0 Å². The van der Waals surface area contributed by atoms with Crippen molar-refractivity contribution in [2.75, 3.05) is 0 Å². The Kier molecular flexibility index (Phi) is 6.89. The molecule has 0 radical (unpaired) electrons. The molecular weight excluding hydrogens is 753 g/mol. The third kappa shape index (κ3) is 4.35. The molecule has 0 unspecified atom stereocenters. The normalized spacial score (nSPS) is 16.7. The van der Waals surface area contributed by atoms with Crippen molar-refractivity contribution in [3.8, 4) is 44.5 Å². The number of rotatable bonds is 2. The molecule has 0 atom stereocenters. The predicted molar refractivity (Wildman–Crippen MR) is 263 cm³/mol. The van der Waals surface area contributed by atoms with Gasteiger partial charge >= 0.3 is 0 Å². The van der Waals surface area contributed by atoms with E-state index in [0.29, 0.717) is 0 Å². The van der Waals surface area contributed by atoms with Gasteiger partial charge in [-0.15, -0.1) is 0 Å². The molecule has 10 aromatic carbocycles. The van der Waals surface area contributed by atoms with Crippen molar-refractivity contribution in [1.82, 2.24) is 0 Å². The molecule has 2 fully saturated rings. The molecule has 284 valence electrons. The summed E-state index contributed by atoms with van der Waals surface area (Å²) in [6.45, 7) is 0. The fourth-order valence-corrected chi connectivity index (χ4v) is 24.6. The number of hydrogen-bond acceptors (Lipinski definition) is 0. The van der Waals surface area contributed by atoms with Gasteiger partial charge in [-0.1, -0.05) is 183 Å². The largest absolute Gasteiger partial charge is 0.119 e. The van der Waals surface area contributed by atoms with Crippen LogP contribution in [0.2, 0.25) is 24.2 Å². The molecule has 2 saturated heterocycles. The van der Waals surface area contributed by atoms with Crippen LogP contribution in [0.25, 0.3) is 98.4 Å². The highest BCUT2D eigenvalue weighted by molar-refractivity contribution is 7.06. The zero-order valence-electron chi connectivity index (χ0n) is 33.8.